The Morgan fingerprint density at radius 3 is 2.56 bits per heavy atom. The minimum Gasteiger partial charge on any atom is -0.374 e. The number of hydrogen-bond acceptors (Lipinski definition) is 3. The molecule has 3 N–H and O–H groups in total. The zero-order chi connectivity index (χ0) is 11.5. The van der Waals surface area contributed by atoms with E-state index in [2.05, 4.69) is 12.2 Å². The van der Waals surface area contributed by atoms with Gasteiger partial charge in [0.05, 0.1) is 5.60 Å². The van der Waals surface area contributed by atoms with Crippen LogP contribution in [0, 0.1) is 0 Å². The van der Waals surface area contributed by atoms with Gasteiger partial charge in [0.2, 0.25) is 0 Å². The first-order valence-electron chi connectivity index (χ1n) is 6.76. The van der Waals surface area contributed by atoms with E-state index in [-0.39, 0.29) is 11.1 Å². The van der Waals surface area contributed by atoms with Gasteiger partial charge < -0.3 is 15.8 Å². The van der Waals surface area contributed by atoms with Crippen LogP contribution in [-0.4, -0.2) is 30.8 Å². The first kappa shape index (κ1) is 12.3. The maximum absolute atomic E-state index is 6.32. The van der Waals surface area contributed by atoms with Gasteiger partial charge in [-0.05, 0) is 45.6 Å². The standard InChI is InChI=1S/C13H26N2O/c1-12(5-4-10-16-12)11-15-9-8-13(14)6-2-3-7-13/h15H,2-11,14H2,1H3. The minimum atomic E-state index is 0.0808. The third-order valence-corrected chi connectivity index (χ3v) is 4.20. The second-order valence-corrected chi connectivity index (χ2v) is 5.90. The third-order valence-electron chi connectivity index (χ3n) is 4.20. The topological polar surface area (TPSA) is 47.3 Å². The molecule has 0 amide bonds. The summed E-state index contributed by atoms with van der Waals surface area (Å²) < 4.78 is 5.74. The summed E-state index contributed by atoms with van der Waals surface area (Å²) in [5.74, 6) is 0. The Kier molecular flexibility index (Phi) is 3.88. The van der Waals surface area contributed by atoms with Gasteiger partial charge in [-0.3, -0.25) is 0 Å². The Balaban J connectivity index is 1.61. The number of nitrogens with two attached hydrogens (primary N) is 1. The summed E-state index contributed by atoms with van der Waals surface area (Å²) >= 11 is 0. The van der Waals surface area contributed by atoms with E-state index < -0.39 is 0 Å². The highest BCUT2D eigenvalue weighted by atomic mass is 16.5. The molecule has 16 heavy (non-hydrogen) atoms. The molecular weight excluding hydrogens is 200 g/mol. The number of hydrogen-bond donors (Lipinski definition) is 2. The normalized spacial score (nSPS) is 33.4. The molecule has 2 fully saturated rings. The first-order valence-corrected chi connectivity index (χ1v) is 6.76. The zero-order valence-electron chi connectivity index (χ0n) is 10.6. The van der Waals surface area contributed by atoms with E-state index in [4.69, 9.17) is 10.5 Å². The fourth-order valence-corrected chi connectivity index (χ4v) is 3.00. The highest BCUT2D eigenvalue weighted by Crippen LogP contribution is 2.29. The molecule has 1 heterocycles. The lowest BCUT2D eigenvalue weighted by molar-refractivity contribution is 0.0207. The number of ether oxygens (including phenoxy) is 1. The van der Waals surface area contributed by atoms with Crippen LogP contribution in [0.5, 0.6) is 0 Å². The van der Waals surface area contributed by atoms with Gasteiger partial charge in [-0.25, -0.2) is 0 Å². The smallest absolute Gasteiger partial charge is 0.0779 e. The van der Waals surface area contributed by atoms with Crippen molar-refractivity contribution in [3.8, 4) is 0 Å². The van der Waals surface area contributed by atoms with Crippen molar-refractivity contribution in [3.63, 3.8) is 0 Å². The van der Waals surface area contributed by atoms with Gasteiger partial charge >= 0.3 is 0 Å². The second-order valence-electron chi connectivity index (χ2n) is 5.90. The summed E-state index contributed by atoms with van der Waals surface area (Å²) in [6.45, 7) is 5.15. The third kappa shape index (κ3) is 3.19. The van der Waals surface area contributed by atoms with Gasteiger partial charge in [-0.1, -0.05) is 12.8 Å². The van der Waals surface area contributed by atoms with E-state index in [0.717, 1.165) is 26.1 Å². The van der Waals surface area contributed by atoms with Crippen LogP contribution in [0.1, 0.15) is 51.9 Å². The fraction of sp³-hybridized carbons (Fsp3) is 1.00. The average molecular weight is 226 g/mol. The molecule has 3 nitrogen and oxygen atoms in total. The van der Waals surface area contributed by atoms with Crippen LogP contribution in [-0.2, 0) is 4.74 Å². The zero-order valence-corrected chi connectivity index (χ0v) is 10.6. The van der Waals surface area contributed by atoms with Gasteiger partial charge in [-0.2, -0.15) is 0 Å². The molecule has 1 atom stereocenters. The molecule has 2 aliphatic rings. The van der Waals surface area contributed by atoms with Gasteiger partial charge in [0.25, 0.3) is 0 Å². The minimum absolute atomic E-state index is 0.0808. The molecule has 0 spiro atoms. The van der Waals surface area contributed by atoms with Gasteiger partial charge in [0.1, 0.15) is 0 Å². The van der Waals surface area contributed by atoms with Gasteiger partial charge in [0.15, 0.2) is 0 Å². The van der Waals surface area contributed by atoms with Crippen molar-refractivity contribution in [2.24, 2.45) is 5.73 Å². The number of rotatable bonds is 5. The van der Waals surface area contributed by atoms with Crippen molar-refractivity contribution < 1.29 is 4.74 Å². The van der Waals surface area contributed by atoms with Crippen LogP contribution in [0.15, 0.2) is 0 Å². The van der Waals surface area contributed by atoms with E-state index in [1.165, 1.54) is 38.5 Å². The van der Waals surface area contributed by atoms with Crippen LogP contribution >= 0.6 is 0 Å². The molecule has 3 heteroatoms. The van der Waals surface area contributed by atoms with Gasteiger partial charge in [0, 0.05) is 18.7 Å². The average Bonchev–Trinajstić information content (AvgIpc) is 2.84. The van der Waals surface area contributed by atoms with Crippen molar-refractivity contribution >= 4 is 0 Å². The van der Waals surface area contributed by atoms with E-state index in [1.807, 2.05) is 0 Å². The molecule has 94 valence electrons. The Labute approximate surface area is 99.1 Å². The van der Waals surface area contributed by atoms with E-state index in [9.17, 15) is 0 Å². The highest BCUT2D eigenvalue weighted by molar-refractivity contribution is 4.90. The van der Waals surface area contributed by atoms with Crippen molar-refractivity contribution in [1.29, 1.82) is 0 Å². The molecule has 1 unspecified atom stereocenters. The summed E-state index contributed by atoms with van der Waals surface area (Å²) in [5.41, 5.74) is 6.53. The van der Waals surface area contributed by atoms with Crippen molar-refractivity contribution in [3.05, 3.63) is 0 Å². The fourth-order valence-electron chi connectivity index (χ4n) is 3.00. The molecular formula is C13H26N2O. The lowest BCUT2D eigenvalue weighted by Gasteiger charge is -2.26. The summed E-state index contributed by atoms with van der Waals surface area (Å²) in [5, 5.41) is 3.51. The van der Waals surface area contributed by atoms with Crippen LogP contribution < -0.4 is 11.1 Å². The Morgan fingerprint density at radius 1 is 1.19 bits per heavy atom. The molecule has 0 radical (unpaired) electrons. The molecule has 1 saturated heterocycles. The lowest BCUT2D eigenvalue weighted by atomic mass is 9.94. The van der Waals surface area contributed by atoms with Crippen LogP contribution in [0.25, 0.3) is 0 Å². The maximum atomic E-state index is 6.32. The van der Waals surface area contributed by atoms with E-state index in [1.54, 1.807) is 0 Å². The molecule has 0 aromatic heterocycles. The summed E-state index contributed by atoms with van der Waals surface area (Å²) in [6.07, 6.45) is 8.56. The summed E-state index contributed by atoms with van der Waals surface area (Å²) in [6, 6.07) is 0. The molecule has 1 aliphatic carbocycles. The van der Waals surface area contributed by atoms with Crippen LogP contribution in [0.3, 0.4) is 0 Å². The van der Waals surface area contributed by atoms with Crippen LogP contribution in [0.2, 0.25) is 0 Å². The highest BCUT2D eigenvalue weighted by Gasteiger charge is 2.31. The predicted molar refractivity (Wildman–Crippen MR) is 66.5 cm³/mol. The SMILES string of the molecule is CC1(CNCCC2(N)CCCC2)CCCO1. The van der Waals surface area contributed by atoms with E-state index in [0.29, 0.717) is 0 Å². The first-order chi connectivity index (χ1) is 7.62. The Morgan fingerprint density at radius 2 is 1.94 bits per heavy atom. The molecule has 2 rings (SSSR count). The van der Waals surface area contributed by atoms with Crippen molar-refractivity contribution in [2.45, 2.75) is 63.0 Å². The monoisotopic (exact) mass is 226 g/mol. The lowest BCUT2D eigenvalue weighted by Crippen LogP contribution is -2.42. The van der Waals surface area contributed by atoms with Crippen LogP contribution in [0.4, 0.5) is 0 Å². The summed E-state index contributed by atoms with van der Waals surface area (Å²) in [7, 11) is 0. The molecule has 1 aliphatic heterocycles. The quantitative estimate of drug-likeness (QED) is 0.703. The second kappa shape index (κ2) is 5.03. The molecule has 0 aromatic carbocycles. The Bertz CT molecular complexity index is 194. The molecule has 1 saturated carbocycles. The van der Waals surface area contributed by atoms with E-state index >= 15 is 0 Å². The molecule has 0 bridgehead atoms. The maximum Gasteiger partial charge on any atom is 0.0779 e. The largest absolute Gasteiger partial charge is 0.374 e. The van der Waals surface area contributed by atoms with Crippen molar-refractivity contribution in [1.82, 2.24) is 5.32 Å². The van der Waals surface area contributed by atoms with Gasteiger partial charge in [-0.15, -0.1) is 0 Å². The van der Waals surface area contributed by atoms with Crippen molar-refractivity contribution in [2.75, 3.05) is 19.7 Å². The predicted octanol–water partition coefficient (Wildman–Crippen LogP) is 1.81. The summed E-state index contributed by atoms with van der Waals surface area (Å²) in [4.78, 5) is 0. The number of nitrogens with one attached hydrogen (secondary N) is 1. The molecule has 0 aromatic rings. The Hall–Kier alpha value is -0.120.